The van der Waals surface area contributed by atoms with Crippen molar-refractivity contribution in [2.45, 2.75) is 25.5 Å². The highest BCUT2D eigenvalue weighted by Crippen LogP contribution is 2.14. The Balaban J connectivity index is 1.64. The van der Waals surface area contributed by atoms with E-state index < -0.39 is 0 Å². The van der Waals surface area contributed by atoms with Crippen LogP contribution in [0.4, 0.5) is 5.82 Å². The van der Waals surface area contributed by atoms with Gasteiger partial charge in [-0.05, 0) is 38.0 Å². The van der Waals surface area contributed by atoms with Crippen molar-refractivity contribution in [2.75, 3.05) is 17.6 Å². The lowest BCUT2D eigenvalue weighted by Crippen LogP contribution is -2.30. The number of anilines is 1. The summed E-state index contributed by atoms with van der Waals surface area (Å²) in [6.45, 7) is 4.03. The van der Waals surface area contributed by atoms with E-state index in [0.717, 1.165) is 12.0 Å². The van der Waals surface area contributed by atoms with Gasteiger partial charge in [0, 0.05) is 17.6 Å². The van der Waals surface area contributed by atoms with Crippen LogP contribution in [0, 0.1) is 6.92 Å². The quantitative estimate of drug-likeness (QED) is 0.734. The van der Waals surface area contributed by atoms with E-state index in [0.29, 0.717) is 23.1 Å². The molecular weight excluding hydrogens is 362 g/mol. The van der Waals surface area contributed by atoms with Crippen LogP contribution in [-0.4, -0.2) is 34.5 Å². The Morgan fingerprint density at radius 1 is 1.32 bits per heavy atom. The Morgan fingerprint density at radius 3 is 2.68 bits per heavy atom. The van der Waals surface area contributed by atoms with Gasteiger partial charge in [-0.1, -0.05) is 28.9 Å². The number of aryl methyl sites for hydroxylation is 1. The fourth-order valence-corrected chi connectivity index (χ4v) is 2.82. The van der Waals surface area contributed by atoms with Crippen LogP contribution >= 0.6 is 23.4 Å². The summed E-state index contributed by atoms with van der Waals surface area (Å²) < 4.78 is 4.89. The molecule has 1 aromatic heterocycles. The second-order valence-electron chi connectivity index (χ2n) is 5.49. The molecular formula is C17H20ClN3O3S. The summed E-state index contributed by atoms with van der Waals surface area (Å²) in [7, 11) is 0. The molecule has 0 aliphatic carbocycles. The van der Waals surface area contributed by atoms with Crippen LogP contribution in [0.2, 0.25) is 5.02 Å². The van der Waals surface area contributed by atoms with Gasteiger partial charge in [-0.15, -0.1) is 11.8 Å². The number of carbonyl (C=O) groups is 2. The summed E-state index contributed by atoms with van der Waals surface area (Å²) in [5, 5.41) is 9.51. The normalized spacial score (nSPS) is 11.8. The first kappa shape index (κ1) is 19.3. The molecule has 2 amide bonds. The van der Waals surface area contributed by atoms with E-state index in [1.54, 1.807) is 19.9 Å². The number of hydrogen-bond acceptors (Lipinski definition) is 5. The molecule has 25 heavy (non-hydrogen) atoms. The van der Waals surface area contributed by atoms with E-state index in [-0.39, 0.29) is 22.8 Å². The molecule has 0 aliphatic rings. The molecule has 0 bridgehead atoms. The average molecular weight is 382 g/mol. The van der Waals surface area contributed by atoms with Crippen LogP contribution in [0.15, 0.2) is 34.9 Å². The van der Waals surface area contributed by atoms with E-state index in [1.807, 2.05) is 24.3 Å². The number of benzene rings is 1. The number of hydrogen-bond donors (Lipinski definition) is 2. The number of thioether (sulfide) groups is 1. The molecule has 0 spiro atoms. The maximum absolute atomic E-state index is 12.0. The van der Waals surface area contributed by atoms with E-state index >= 15 is 0 Å². The van der Waals surface area contributed by atoms with E-state index in [9.17, 15) is 9.59 Å². The fraction of sp³-hybridized carbons (Fsp3) is 0.353. The van der Waals surface area contributed by atoms with E-state index in [2.05, 4.69) is 15.8 Å². The molecule has 0 radical (unpaired) electrons. The summed E-state index contributed by atoms with van der Waals surface area (Å²) in [4.78, 5) is 23.9. The van der Waals surface area contributed by atoms with Gasteiger partial charge in [0.25, 0.3) is 0 Å². The molecule has 1 atom stereocenters. The molecule has 0 unspecified atom stereocenters. The van der Waals surface area contributed by atoms with Gasteiger partial charge in [0.2, 0.25) is 11.8 Å². The van der Waals surface area contributed by atoms with Gasteiger partial charge in [0.1, 0.15) is 5.76 Å². The van der Waals surface area contributed by atoms with Gasteiger partial charge in [-0.3, -0.25) is 9.59 Å². The number of halogens is 1. The Bertz CT molecular complexity index is 718. The Hall–Kier alpha value is -1.99. The largest absolute Gasteiger partial charge is 0.360 e. The zero-order valence-corrected chi connectivity index (χ0v) is 15.6. The number of nitrogens with one attached hydrogen (secondary N) is 2. The Kier molecular flexibility index (Phi) is 7.33. The highest BCUT2D eigenvalue weighted by atomic mass is 35.5. The molecule has 1 aromatic carbocycles. The Labute approximate surface area is 155 Å². The highest BCUT2D eigenvalue weighted by molar-refractivity contribution is 8.01. The molecule has 0 saturated carbocycles. The molecule has 6 nitrogen and oxygen atoms in total. The van der Waals surface area contributed by atoms with Crippen molar-refractivity contribution in [3.05, 3.63) is 46.7 Å². The van der Waals surface area contributed by atoms with Crippen molar-refractivity contribution < 1.29 is 14.1 Å². The predicted molar refractivity (Wildman–Crippen MR) is 100.0 cm³/mol. The minimum atomic E-state index is -0.376. The smallest absolute Gasteiger partial charge is 0.238 e. The Morgan fingerprint density at radius 2 is 2.04 bits per heavy atom. The van der Waals surface area contributed by atoms with Gasteiger partial charge in [0.15, 0.2) is 5.82 Å². The topological polar surface area (TPSA) is 84.2 Å². The van der Waals surface area contributed by atoms with Gasteiger partial charge in [-0.25, -0.2) is 0 Å². The summed E-state index contributed by atoms with van der Waals surface area (Å²) in [5.74, 6) is 0.897. The van der Waals surface area contributed by atoms with Crippen molar-refractivity contribution in [3.63, 3.8) is 0 Å². The lowest BCUT2D eigenvalue weighted by atomic mass is 10.1. The van der Waals surface area contributed by atoms with Gasteiger partial charge in [-0.2, -0.15) is 0 Å². The van der Waals surface area contributed by atoms with Crippen LogP contribution in [0.5, 0.6) is 0 Å². The van der Waals surface area contributed by atoms with Crippen LogP contribution in [-0.2, 0) is 16.0 Å². The molecule has 2 N–H and O–H groups in total. The molecule has 0 saturated heterocycles. The fourth-order valence-electron chi connectivity index (χ4n) is 1.98. The predicted octanol–water partition coefficient (Wildman–Crippen LogP) is 3.06. The number of rotatable bonds is 8. The van der Waals surface area contributed by atoms with E-state index in [4.69, 9.17) is 16.1 Å². The summed E-state index contributed by atoms with van der Waals surface area (Å²) in [5.41, 5.74) is 1.10. The molecule has 0 fully saturated rings. The van der Waals surface area contributed by atoms with Crippen LogP contribution in [0.1, 0.15) is 18.2 Å². The van der Waals surface area contributed by atoms with Crippen molar-refractivity contribution in [1.82, 2.24) is 10.5 Å². The van der Waals surface area contributed by atoms with Crippen LogP contribution in [0.25, 0.3) is 0 Å². The lowest BCUT2D eigenvalue weighted by molar-refractivity contribution is -0.118. The third-order valence-corrected chi connectivity index (χ3v) is 4.76. The first-order valence-corrected chi connectivity index (χ1v) is 9.23. The van der Waals surface area contributed by atoms with Gasteiger partial charge in [0.05, 0.1) is 11.0 Å². The zero-order chi connectivity index (χ0) is 18.2. The maximum atomic E-state index is 12.0. The molecule has 134 valence electrons. The minimum absolute atomic E-state index is 0.101. The lowest BCUT2D eigenvalue weighted by Gasteiger charge is -2.10. The molecule has 0 aliphatic heterocycles. The van der Waals surface area contributed by atoms with E-state index in [1.165, 1.54) is 11.8 Å². The third kappa shape index (κ3) is 6.80. The summed E-state index contributed by atoms with van der Waals surface area (Å²) in [6.07, 6.45) is 0.731. The number of amides is 2. The first-order valence-electron chi connectivity index (χ1n) is 7.81. The number of carbonyl (C=O) groups excluding carboxylic acids is 2. The molecule has 2 aromatic rings. The molecule has 8 heteroatoms. The number of nitrogens with zero attached hydrogens (tertiary/aromatic N) is 1. The first-order chi connectivity index (χ1) is 11.9. The van der Waals surface area contributed by atoms with Crippen molar-refractivity contribution >= 4 is 41.0 Å². The SMILES string of the molecule is Cc1cc(NC(=O)[C@H](C)SCC(=O)NCCc2ccc(Cl)cc2)no1. The monoisotopic (exact) mass is 381 g/mol. The standard InChI is InChI=1S/C17H20ClN3O3S/c1-11-9-15(21-24-11)20-17(23)12(2)25-10-16(22)19-8-7-13-3-5-14(18)6-4-13/h3-6,9,12H,7-8,10H2,1-2H3,(H,19,22)(H,20,21,23)/t12-/m0/s1. The number of aromatic nitrogens is 1. The van der Waals surface area contributed by atoms with Crippen LogP contribution in [0.3, 0.4) is 0 Å². The van der Waals surface area contributed by atoms with Crippen molar-refractivity contribution in [3.8, 4) is 0 Å². The van der Waals surface area contributed by atoms with Gasteiger partial charge >= 0.3 is 0 Å². The zero-order valence-electron chi connectivity index (χ0n) is 14.0. The minimum Gasteiger partial charge on any atom is -0.360 e. The average Bonchev–Trinajstić information content (AvgIpc) is 2.99. The summed E-state index contributed by atoms with van der Waals surface area (Å²) in [6, 6.07) is 9.15. The second-order valence-corrected chi connectivity index (χ2v) is 7.26. The summed E-state index contributed by atoms with van der Waals surface area (Å²) >= 11 is 7.10. The maximum Gasteiger partial charge on any atom is 0.238 e. The molecule has 1 heterocycles. The molecule has 2 rings (SSSR count). The third-order valence-electron chi connectivity index (χ3n) is 3.36. The van der Waals surface area contributed by atoms with Crippen molar-refractivity contribution in [2.24, 2.45) is 0 Å². The van der Waals surface area contributed by atoms with Crippen molar-refractivity contribution in [1.29, 1.82) is 0 Å². The highest BCUT2D eigenvalue weighted by Gasteiger charge is 2.16. The van der Waals surface area contributed by atoms with Gasteiger partial charge < -0.3 is 15.2 Å². The second kappa shape index (κ2) is 9.48. The van der Waals surface area contributed by atoms with Crippen LogP contribution < -0.4 is 10.6 Å².